The van der Waals surface area contributed by atoms with Crippen LogP contribution in [0.15, 0.2) is 24.4 Å². The first-order valence-corrected chi connectivity index (χ1v) is 5.44. The van der Waals surface area contributed by atoms with E-state index in [0.29, 0.717) is 5.92 Å². The van der Waals surface area contributed by atoms with E-state index in [2.05, 4.69) is 35.9 Å². The Balaban J connectivity index is 2.13. The Morgan fingerprint density at radius 1 is 1.43 bits per heavy atom. The number of hydrogen-bond acceptors (Lipinski definition) is 2. The van der Waals surface area contributed by atoms with Gasteiger partial charge < -0.3 is 4.90 Å². The van der Waals surface area contributed by atoms with Gasteiger partial charge in [-0.25, -0.2) is 0 Å². The van der Waals surface area contributed by atoms with Crippen molar-refractivity contribution in [3.05, 3.63) is 30.1 Å². The molecule has 2 atom stereocenters. The second-order valence-electron chi connectivity index (χ2n) is 4.19. The molecule has 1 aromatic rings. The monoisotopic (exact) mass is 190 g/mol. The maximum atomic E-state index is 4.45. The fraction of sp³-hybridized carbons (Fsp3) is 0.583. The molecule has 0 aliphatic carbocycles. The highest BCUT2D eigenvalue weighted by Crippen LogP contribution is 2.30. The van der Waals surface area contributed by atoms with E-state index in [4.69, 9.17) is 0 Å². The molecular weight excluding hydrogens is 172 g/mol. The van der Waals surface area contributed by atoms with Gasteiger partial charge in [0.05, 0.1) is 0 Å². The first-order valence-electron chi connectivity index (χ1n) is 5.44. The molecule has 1 aromatic heterocycles. The van der Waals surface area contributed by atoms with Crippen LogP contribution in [-0.2, 0) is 0 Å². The van der Waals surface area contributed by atoms with Crippen molar-refractivity contribution in [2.75, 3.05) is 19.6 Å². The van der Waals surface area contributed by atoms with Crippen LogP contribution in [0.1, 0.15) is 25.5 Å². The van der Waals surface area contributed by atoms with Crippen molar-refractivity contribution in [2.24, 2.45) is 5.92 Å². The Labute approximate surface area is 86.0 Å². The fourth-order valence-electron chi connectivity index (χ4n) is 2.31. The predicted octanol–water partition coefficient (Wildman–Crippen LogP) is 2.14. The minimum Gasteiger partial charge on any atom is -0.303 e. The Bertz CT molecular complexity index is 284. The second-order valence-corrected chi connectivity index (χ2v) is 4.19. The van der Waals surface area contributed by atoms with E-state index in [1.54, 1.807) is 0 Å². The summed E-state index contributed by atoms with van der Waals surface area (Å²) in [5.74, 6) is 1.38. The lowest BCUT2D eigenvalue weighted by molar-refractivity contribution is 0.345. The molecule has 1 saturated heterocycles. The molecule has 1 aliphatic rings. The molecule has 2 heterocycles. The lowest BCUT2D eigenvalue weighted by Crippen LogP contribution is -2.19. The SMILES string of the molecule is CCN1C[C@@H](C)[C@H](c2ccccn2)C1. The van der Waals surface area contributed by atoms with Crippen molar-refractivity contribution in [1.82, 2.24) is 9.88 Å². The Morgan fingerprint density at radius 2 is 2.29 bits per heavy atom. The molecule has 0 radical (unpaired) electrons. The summed E-state index contributed by atoms with van der Waals surface area (Å²) in [7, 11) is 0. The summed E-state index contributed by atoms with van der Waals surface area (Å²) in [5, 5.41) is 0. The van der Waals surface area contributed by atoms with Crippen molar-refractivity contribution < 1.29 is 0 Å². The first-order chi connectivity index (χ1) is 6.81. The number of likely N-dealkylation sites (tertiary alicyclic amines) is 1. The minimum atomic E-state index is 0.635. The van der Waals surface area contributed by atoms with Gasteiger partial charge in [-0.15, -0.1) is 0 Å². The molecule has 0 unspecified atom stereocenters. The lowest BCUT2D eigenvalue weighted by atomic mass is 9.94. The van der Waals surface area contributed by atoms with Gasteiger partial charge in [0.1, 0.15) is 0 Å². The summed E-state index contributed by atoms with van der Waals surface area (Å²) in [6.45, 7) is 8.11. The topological polar surface area (TPSA) is 16.1 Å². The Hall–Kier alpha value is -0.890. The fourth-order valence-corrected chi connectivity index (χ4v) is 2.31. The molecule has 0 spiro atoms. The molecule has 1 fully saturated rings. The van der Waals surface area contributed by atoms with Crippen molar-refractivity contribution in [2.45, 2.75) is 19.8 Å². The van der Waals surface area contributed by atoms with Crippen molar-refractivity contribution in [3.8, 4) is 0 Å². The van der Waals surface area contributed by atoms with Crippen LogP contribution in [0.25, 0.3) is 0 Å². The average Bonchev–Trinajstić information content (AvgIpc) is 2.61. The summed E-state index contributed by atoms with van der Waals surface area (Å²) < 4.78 is 0. The van der Waals surface area contributed by atoms with Crippen molar-refractivity contribution in [1.29, 1.82) is 0 Å². The van der Waals surface area contributed by atoms with Crippen molar-refractivity contribution in [3.63, 3.8) is 0 Å². The van der Waals surface area contributed by atoms with Crippen LogP contribution in [0.5, 0.6) is 0 Å². The Morgan fingerprint density at radius 3 is 2.86 bits per heavy atom. The van der Waals surface area contributed by atoms with E-state index in [-0.39, 0.29) is 0 Å². The summed E-state index contributed by atoms with van der Waals surface area (Å²) in [5.41, 5.74) is 1.26. The molecule has 2 rings (SSSR count). The van der Waals surface area contributed by atoms with Crippen LogP contribution in [0.4, 0.5) is 0 Å². The quantitative estimate of drug-likeness (QED) is 0.710. The third kappa shape index (κ3) is 1.80. The molecule has 76 valence electrons. The summed E-state index contributed by atoms with van der Waals surface area (Å²) in [6.07, 6.45) is 1.90. The molecule has 0 bridgehead atoms. The van der Waals surface area contributed by atoms with Gasteiger partial charge in [-0.05, 0) is 24.6 Å². The highest BCUT2D eigenvalue weighted by Gasteiger charge is 2.30. The number of aromatic nitrogens is 1. The van der Waals surface area contributed by atoms with Gasteiger partial charge in [-0.1, -0.05) is 19.9 Å². The standard InChI is InChI=1S/C12H18N2/c1-3-14-8-10(2)11(9-14)12-6-4-5-7-13-12/h4-7,10-11H,3,8-9H2,1-2H3/t10-,11-/m1/s1. The van der Waals surface area contributed by atoms with Crippen LogP contribution in [0.2, 0.25) is 0 Å². The maximum absolute atomic E-state index is 4.45. The zero-order valence-corrected chi connectivity index (χ0v) is 8.98. The smallest absolute Gasteiger partial charge is 0.0450 e. The predicted molar refractivity (Wildman–Crippen MR) is 58.3 cm³/mol. The van der Waals surface area contributed by atoms with E-state index in [9.17, 15) is 0 Å². The third-order valence-electron chi connectivity index (χ3n) is 3.20. The number of nitrogens with zero attached hydrogens (tertiary/aromatic N) is 2. The van der Waals surface area contributed by atoms with E-state index in [1.165, 1.54) is 18.8 Å². The van der Waals surface area contributed by atoms with Gasteiger partial charge in [0, 0.05) is 30.9 Å². The van der Waals surface area contributed by atoms with E-state index in [0.717, 1.165) is 12.5 Å². The number of pyridine rings is 1. The summed E-state index contributed by atoms with van der Waals surface area (Å²) >= 11 is 0. The van der Waals surface area contributed by atoms with Crippen LogP contribution in [0.3, 0.4) is 0 Å². The highest BCUT2D eigenvalue weighted by molar-refractivity contribution is 5.13. The van der Waals surface area contributed by atoms with Crippen LogP contribution >= 0.6 is 0 Å². The average molecular weight is 190 g/mol. The van der Waals surface area contributed by atoms with Gasteiger partial charge in [-0.2, -0.15) is 0 Å². The van der Waals surface area contributed by atoms with E-state index in [1.807, 2.05) is 12.3 Å². The van der Waals surface area contributed by atoms with Gasteiger partial charge in [-0.3, -0.25) is 4.98 Å². The third-order valence-corrected chi connectivity index (χ3v) is 3.20. The van der Waals surface area contributed by atoms with Gasteiger partial charge in [0.15, 0.2) is 0 Å². The first kappa shape index (κ1) is 9.66. The van der Waals surface area contributed by atoms with Crippen LogP contribution < -0.4 is 0 Å². The molecule has 1 aliphatic heterocycles. The van der Waals surface area contributed by atoms with E-state index < -0.39 is 0 Å². The molecule has 0 amide bonds. The highest BCUT2D eigenvalue weighted by atomic mass is 15.1. The molecule has 0 N–H and O–H groups in total. The molecule has 0 aromatic carbocycles. The zero-order valence-electron chi connectivity index (χ0n) is 8.98. The summed E-state index contributed by atoms with van der Waals surface area (Å²) in [6, 6.07) is 6.23. The maximum Gasteiger partial charge on any atom is 0.0450 e. The van der Waals surface area contributed by atoms with Crippen molar-refractivity contribution >= 4 is 0 Å². The molecule has 0 saturated carbocycles. The Kier molecular flexibility index (Phi) is 2.82. The minimum absolute atomic E-state index is 0.635. The van der Waals surface area contributed by atoms with Crippen LogP contribution in [0, 0.1) is 5.92 Å². The van der Waals surface area contributed by atoms with Gasteiger partial charge in [0.2, 0.25) is 0 Å². The second kappa shape index (κ2) is 4.09. The summed E-state index contributed by atoms with van der Waals surface area (Å²) in [4.78, 5) is 6.96. The number of rotatable bonds is 2. The zero-order chi connectivity index (χ0) is 9.97. The largest absolute Gasteiger partial charge is 0.303 e. The molecule has 2 nitrogen and oxygen atoms in total. The lowest BCUT2D eigenvalue weighted by Gasteiger charge is -2.13. The molecular formula is C12H18N2. The molecule has 14 heavy (non-hydrogen) atoms. The number of hydrogen-bond donors (Lipinski definition) is 0. The normalized spacial score (nSPS) is 28.1. The molecule has 2 heteroatoms. The van der Waals surface area contributed by atoms with Crippen LogP contribution in [-0.4, -0.2) is 29.5 Å². The van der Waals surface area contributed by atoms with Gasteiger partial charge >= 0.3 is 0 Å². The number of likely N-dealkylation sites (N-methyl/N-ethyl adjacent to an activating group) is 1. The van der Waals surface area contributed by atoms with Gasteiger partial charge in [0.25, 0.3) is 0 Å². The van der Waals surface area contributed by atoms with E-state index >= 15 is 0 Å².